The Bertz CT molecular complexity index is 920. The third kappa shape index (κ3) is 1.17. The minimum atomic E-state index is 0.893. The maximum absolute atomic E-state index is 3.60. The van der Waals surface area contributed by atoms with Gasteiger partial charge < -0.3 is 5.32 Å². The molecule has 1 heterocycles. The van der Waals surface area contributed by atoms with Crippen molar-refractivity contribution in [3.8, 4) is 0 Å². The van der Waals surface area contributed by atoms with E-state index in [2.05, 4.69) is 66.0 Å². The summed E-state index contributed by atoms with van der Waals surface area (Å²) in [4.78, 5) is 0. The van der Waals surface area contributed by atoms with Crippen LogP contribution in [0, 0.1) is 0 Å². The van der Waals surface area contributed by atoms with E-state index in [0.717, 1.165) is 6.54 Å². The Balaban J connectivity index is 2.23. The maximum Gasteiger partial charge on any atom is 0.0429 e. The SMILES string of the molecule is c1cc2c3c(c1)ccc1ccc4cccc(c4c13)NC2. The molecule has 0 saturated heterocycles. The second-order valence-electron chi connectivity index (χ2n) is 5.50. The Morgan fingerprint density at radius 2 is 1.25 bits per heavy atom. The third-order valence-electron chi connectivity index (χ3n) is 4.42. The molecule has 0 aromatic heterocycles. The molecule has 0 aliphatic carbocycles. The number of hydrogen-bond acceptors (Lipinski definition) is 1. The van der Waals surface area contributed by atoms with Gasteiger partial charge >= 0.3 is 0 Å². The van der Waals surface area contributed by atoms with Gasteiger partial charge in [0.2, 0.25) is 0 Å². The van der Waals surface area contributed by atoms with E-state index in [-0.39, 0.29) is 0 Å². The Hall–Kier alpha value is -2.54. The lowest BCUT2D eigenvalue weighted by atomic mass is 9.94. The zero-order valence-corrected chi connectivity index (χ0v) is 11.0. The van der Waals surface area contributed by atoms with Crippen LogP contribution in [0.1, 0.15) is 5.56 Å². The van der Waals surface area contributed by atoms with Gasteiger partial charge in [-0.15, -0.1) is 0 Å². The summed E-state index contributed by atoms with van der Waals surface area (Å²) >= 11 is 0. The van der Waals surface area contributed by atoms with E-state index in [9.17, 15) is 0 Å². The highest BCUT2D eigenvalue weighted by molar-refractivity contribution is 6.24. The predicted octanol–water partition coefficient (Wildman–Crippen LogP) is 5.07. The van der Waals surface area contributed by atoms with Crippen LogP contribution in [-0.2, 0) is 6.54 Å². The summed E-state index contributed by atoms with van der Waals surface area (Å²) in [7, 11) is 0. The van der Waals surface area contributed by atoms with Gasteiger partial charge in [0.25, 0.3) is 0 Å². The van der Waals surface area contributed by atoms with Crippen LogP contribution >= 0.6 is 0 Å². The summed E-state index contributed by atoms with van der Waals surface area (Å²) in [5.74, 6) is 0. The predicted molar refractivity (Wildman–Crippen MR) is 86.3 cm³/mol. The summed E-state index contributed by atoms with van der Waals surface area (Å²) in [6, 6.07) is 22.1. The normalized spacial score (nSPS) is 13.2. The molecule has 0 atom stereocenters. The lowest BCUT2D eigenvalue weighted by Gasteiger charge is -2.09. The van der Waals surface area contributed by atoms with Gasteiger partial charge in [0, 0.05) is 17.6 Å². The molecule has 0 saturated carbocycles. The Morgan fingerprint density at radius 3 is 2.05 bits per heavy atom. The van der Waals surface area contributed by atoms with E-state index in [1.165, 1.54) is 43.6 Å². The number of rotatable bonds is 0. The smallest absolute Gasteiger partial charge is 0.0429 e. The van der Waals surface area contributed by atoms with E-state index in [0.29, 0.717) is 0 Å². The quantitative estimate of drug-likeness (QED) is 0.432. The van der Waals surface area contributed by atoms with Gasteiger partial charge in [-0.25, -0.2) is 0 Å². The highest BCUT2D eigenvalue weighted by Gasteiger charge is 2.14. The zero-order chi connectivity index (χ0) is 13.1. The highest BCUT2D eigenvalue weighted by Crippen LogP contribution is 2.39. The molecule has 5 rings (SSSR count). The molecule has 0 unspecified atom stereocenters. The van der Waals surface area contributed by atoms with Gasteiger partial charge in [0.1, 0.15) is 0 Å². The number of anilines is 1. The summed E-state index contributed by atoms with van der Waals surface area (Å²) in [5, 5.41) is 11.7. The van der Waals surface area contributed by atoms with Gasteiger partial charge in [-0.3, -0.25) is 0 Å². The lowest BCUT2D eigenvalue weighted by molar-refractivity contribution is 1.18. The summed E-state index contributed by atoms with van der Waals surface area (Å²) < 4.78 is 0. The molecular weight excluding hydrogens is 242 g/mol. The molecule has 0 spiro atoms. The van der Waals surface area contributed by atoms with Crippen LogP contribution in [0.2, 0.25) is 0 Å². The van der Waals surface area contributed by atoms with Crippen LogP contribution in [0.5, 0.6) is 0 Å². The molecule has 20 heavy (non-hydrogen) atoms. The molecule has 0 radical (unpaired) electrons. The standard InChI is InChI=1S/C19H13N/c1-3-12-7-9-14-10-8-13-4-2-6-16-18(13)19(14)17(12)15(5-1)11-20-16/h1-10,20H,11H2. The van der Waals surface area contributed by atoms with E-state index in [1.54, 1.807) is 0 Å². The van der Waals surface area contributed by atoms with E-state index >= 15 is 0 Å². The largest absolute Gasteiger partial charge is 0.380 e. The van der Waals surface area contributed by atoms with Crippen LogP contribution in [0.3, 0.4) is 0 Å². The summed E-state index contributed by atoms with van der Waals surface area (Å²) in [5.41, 5.74) is 2.63. The first kappa shape index (κ1) is 10.3. The molecule has 4 aromatic carbocycles. The molecule has 1 aliphatic heterocycles. The first-order valence-corrected chi connectivity index (χ1v) is 7.02. The first-order valence-electron chi connectivity index (χ1n) is 7.02. The molecule has 1 heteroatoms. The molecule has 1 aliphatic rings. The molecule has 4 aromatic rings. The van der Waals surface area contributed by atoms with Gasteiger partial charge in [-0.2, -0.15) is 0 Å². The van der Waals surface area contributed by atoms with Crippen LogP contribution in [0.15, 0.2) is 60.7 Å². The van der Waals surface area contributed by atoms with Crippen molar-refractivity contribution in [1.82, 2.24) is 0 Å². The van der Waals surface area contributed by atoms with Gasteiger partial charge in [-0.05, 0) is 38.6 Å². The van der Waals surface area contributed by atoms with Crippen molar-refractivity contribution in [3.05, 3.63) is 66.2 Å². The monoisotopic (exact) mass is 255 g/mol. The van der Waals surface area contributed by atoms with Crippen LogP contribution < -0.4 is 5.32 Å². The van der Waals surface area contributed by atoms with Gasteiger partial charge in [-0.1, -0.05) is 54.6 Å². The van der Waals surface area contributed by atoms with E-state index in [4.69, 9.17) is 0 Å². The molecule has 1 N–H and O–H groups in total. The average molecular weight is 255 g/mol. The van der Waals surface area contributed by atoms with Crippen molar-refractivity contribution >= 4 is 38.0 Å². The molecular formula is C19H13N. The fourth-order valence-electron chi connectivity index (χ4n) is 3.53. The van der Waals surface area contributed by atoms with Gasteiger partial charge in [0.05, 0.1) is 0 Å². The number of nitrogens with one attached hydrogen (secondary N) is 1. The van der Waals surface area contributed by atoms with Crippen molar-refractivity contribution in [2.45, 2.75) is 6.54 Å². The van der Waals surface area contributed by atoms with E-state index in [1.807, 2.05) is 0 Å². The maximum atomic E-state index is 3.60. The van der Waals surface area contributed by atoms with Crippen molar-refractivity contribution in [2.24, 2.45) is 0 Å². The first-order chi connectivity index (χ1) is 9.92. The molecule has 94 valence electrons. The fourth-order valence-corrected chi connectivity index (χ4v) is 3.53. The minimum Gasteiger partial charge on any atom is -0.380 e. The molecule has 0 fully saturated rings. The van der Waals surface area contributed by atoms with Crippen molar-refractivity contribution in [3.63, 3.8) is 0 Å². The van der Waals surface area contributed by atoms with Crippen molar-refractivity contribution in [2.75, 3.05) is 5.32 Å². The minimum absolute atomic E-state index is 0.893. The summed E-state index contributed by atoms with van der Waals surface area (Å²) in [6.45, 7) is 0.893. The Kier molecular flexibility index (Phi) is 1.80. The zero-order valence-electron chi connectivity index (χ0n) is 11.0. The van der Waals surface area contributed by atoms with Crippen LogP contribution in [0.25, 0.3) is 32.3 Å². The van der Waals surface area contributed by atoms with Crippen LogP contribution in [-0.4, -0.2) is 0 Å². The number of benzene rings is 4. The third-order valence-corrected chi connectivity index (χ3v) is 4.42. The number of hydrogen-bond donors (Lipinski definition) is 1. The second-order valence-corrected chi connectivity index (χ2v) is 5.50. The van der Waals surface area contributed by atoms with Gasteiger partial charge in [0.15, 0.2) is 0 Å². The lowest BCUT2D eigenvalue weighted by Crippen LogP contribution is -1.97. The highest BCUT2D eigenvalue weighted by atomic mass is 14.9. The van der Waals surface area contributed by atoms with Crippen molar-refractivity contribution in [1.29, 1.82) is 0 Å². The Morgan fingerprint density at radius 1 is 0.600 bits per heavy atom. The topological polar surface area (TPSA) is 12.0 Å². The Labute approximate surface area is 116 Å². The summed E-state index contributed by atoms with van der Waals surface area (Å²) in [6.07, 6.45) is 0. The second kappa shape index (κ2) is 3.51. The van der Waals surface area contributed by atoms with Crippen LogP contribution in [0.4, 0.5) is 5.69 Å². The molecule has 0 bridgehead atoms. The average Bonchev–Trinajstić information content (AvgIpc) is 2.68. The van der Waals surface area contributed by atoms with Crippen molar-refractivity contribution < 1.29 is 0 Å². The van der Waals surface area contributed by atoms with E-state index < -0.39 is 0 Å². The molecule has 0 amide bonds. The fraction of sp³-hybridized carbons (Fsp3) is 0.0526. The molecule has 1 nitrogen and oxygen atoms in total.